The summed E-state index contributed by atoms with van der Waals surface area (Å²) in [5.41, 5.74) is 3.49. The molecule has 0 spiro atoms. The van der Waals surface area contributed by atoms with Crippen LogP contribution in [0.2, 0.25) is 0 Å². The molecule has 112 valence electrons. The van der Waals surface area contributed by atoms with Crippen LogP contribution < -0.4 is 0 Å². The molecule has 0 unspecified atom stereocenters. The van der Waals surface area contributed by atoms with Crippen LogP contribution in [0.4, 0.5) is 0 Å². The van der Waals surface area contributed by atoms with E-state index < -0.39 is 0 Å². The molecule has 1 aliphatic rings. The fraction of sp³-hybridized carbons (Fsp3) is 0.471. The molecule has 0 aliphatic carbocycles. The first-order chi connectivity index (χ1) is 10.3. The second-order valence-corrected chi connectivity index (χ2v) is 5.57. The maximum Gasteiger partial charge on any atom is 0.0925 e. The first-order valence-corrected chi connectivity index (χ1v) is 7.73. The number of aromatic nitrogens is 2. The van der Waals surface area contributed by atoms with E-state index in [1.165, 1.54) is 11.3 Å². The van der Waals surface area contributed by atoms with Crippen molar-refractivity contribution in [1.82, 2.24) is 14.7 Å². The Morgan fingerprint density at radius 2 is 1.86 bits per heavy atom. The van der Waals surface area contributed by atoms with Crippen LogP contribution in [0.1, 0.15) is 12.1 Å². The third kappa shape index (κ3) is 3.71. The molecule has 0 radical (unpaired) electrons. The molecule has 3 rings (SSSR count). The van der Waals surface area contributed by atoms with Crippen LogP contribution in [0, 0.1) is 6.92 Å². The van der Waals surface area contributed by atoms with Gasteiger partial charge in [-0.25, -0.2) is 0 Å². The quantitative estimate of drug-likeness (QED) is 0.846. The third-order valence-corrected chi connectivity index (χ3v) is 4.00. The largest absolute Gasteiger partial charge is 0.379 e. The molecular weight excluding hydrogens is 262 g/mol. The Labute approximate surface area is 126 Å². The van der Waals surface area contributed by atoms with Crippen molar-refractivity contribution in [3.8, 4) is 11.3 Å². The lowest BCUT2D eigenvalue weighted by atomic mass is 10.1. The number of morpholine rings is 1. The average Bonchev–Trinajstić information content (AvgIpc) is 2.91. The molecule has 1 saturated heterocycles. The fourth-order valence-electron chi connectivity index (χ4n) is 2.76. The normalized spacial score (nSPS) is 16.2. The highest BCUT2D eigenvalue weighted by atomic mass is 16.5. The number of aryl methyl sites for hydroxylation is 2. The van der Waals surface area contributed by atoms with Crippen molar-refractivity contribution >= 4 is 0 Å². The van der Waals surface area contributed by atoms with Crippen molar-refractivity contribution in [1.29, 1.82) is 0 Å². The van der Waals surface area contributed by atoms with E-state index in [9.17, 15) is 0 Å². The number of rotatable bonds is 5. The predicted molar refractivity (Wildman–Crippen MR) is 84.3 cm³/mol. The van der Waals surface area contributed by atoms with Crippen molar-refractivity contribution in [2.75, 3.05) is 32.8 Å². The summed E-state index contributed by atoms with van der Waals surface area (Å²) < 4.78 is 7.50. The minimum Gasteiger partial charge on any atom is -0.379 e. The Bertz CT molecular complexity index is 559. The van der Waals surface area contributed by atoms with Gasteiger partial charge in [-0.1, -0.05) is 30.3 Å². The molecule has 21 heavy (non-hydrogen) atoms. The second-order valence-electron chi connectivity index (χ2n) is 5.57. The van der Waals surface area contributed by atoms with Gasteiger partial charge in [-0.15, -0.1) is 0 Å². The van der Waals surface area contributed by atoms with Crippen LogP contribution >= 0.6 is 0 Å². The van der Waals surface area contributed by atoms with Gasteiger partial charge in [0.25, 0.3) is 0 Å². The molecule has 0 bridgehead atoms. The Balaban J connectivity index is 1.57. The van der Waals surface area contributed by atoms with Crippen LogP contribution in [-0.4, -0.2) is 47.5 Å². The summed E-state index contributed by atoms with van der Waals surface area (Å²) in [7, 11) is 0. The van der Waals surface area contributed by atoms with Crippen LogP contribution in [0.5, 0.6) is 0 Å². The molecule has 0 amide bonds. The standard InChI is InChI=1S/C17H23N3O/c1-15-14-17(16-6-3-2-4-7-16)18-20(15)9-5-8-19-10-12-21-13-11-19/h2-4,6-7,14H,5,8-13H2,1H3. The van der Waals surface area contributed by atoms with E-state index in [2.05, 4.69) is 46.8 Å². The predicted octanol–water partition coefficient (Wildman–Crippen LogP) is 2.58. The summed E-state index contributed by atoms with van der Waals surface area (Å²) in [5, 5.41) is 4.74. The van der Waals surface area contributed by atoms with E-state index in [1.807, 2.05) is 6.07 Å². The number of hydrogen-bond donors (Lipinski definition) is 0. The van der Waals surface area contributed by atoms with Gasteiger partial charge < -0.3 is 4.74 Å². The lowest BCUT2D eigenvalue weighted by Gasteiger charge is -2.26. The number of nitrogens with zero attached hydrogens (tertiary/aromatic N) is 3. The summed E-state index contributed by atoms with van der Waals surface area (Å²) in [6.45, 7) is 8.12. The summed E-state index contributed by atoms with van der Waals surface area (Å²) in [6, 6.07) is 12.5. The molecule has 1 aliphatic heterocycles. The zero-order chi connectivity index (χ0) is 14.5. The van der Waals surface area contributed by atoms with Gasteiger partial charge >= 0.3 is 0 Å². The molecule has 4 heteroatoms. The van der Waals surface area contributed by atoms with E-state index >= 15 is 0 Å². The highest BCUT2D eigenvalue weighted by Crippen LogP contribution is 2.18. The van der Waals surface area contributed by atoms with E-state index in [-0.39, 0.29) is 0 Å². The fourth-order valence-corrected chi connectivity index (χ4v) is 2.76. The molecule has 0 atom stereocenters. The maximum absolute atomic E-state index is 5.38. The van der Waals surface area contributed by atoms with Gasteiger partial charge in [-0.3, -0.25) is 9.58 Å². The van der Waals surface area contributed by atoms with Crippen molar-refractivity contribution in [2.24, 2.45) is 0 Å². The summed E-state index contributed by atoms with van der Waals surface area (Å²) in [5.74, 6) is 0. The zero-order valence-electron chi connectivity index (χ0n) is 12.7. The third-order valence-electron chi connectivity index (χ3n) is 4.00. The average molecular weight is 285 g/mol. The van der Waals surface area contributed by atoms with E-state index in [0.29, 0.717) is 0 Å². The highest BCUT2D eigenvalue weighted by molar-refractivity contribution is 5.58. The van der Waals surface area contributed by atoms with Crippen LogP contribution in [0.3, 0.4) is 0 Å². The van der Waals surface area contributed by atoms with Crippen molar-refractivity contribution < 1.29 is 4.74 Å². The summed E-state index contributed by atoms with van der Waals surface area (Å²) >= 11 is 0. The summed E-state index contributed by atoms with van der Waals surface area (Å²) in [4.78, 5) is 2.47. The summed E-state index contributed by atoms with van der Waals surface area (Å²) in [6.07, 6.45) is 1.14. The van der Waals surface area contributed by atoms with Crippen LogP contribution in [0.15, 0.2) is 36.4 Å². The minimum atomic E-state index is 0.874. The number of benzene rings is 1. The maximum atomic E-state index is 5.38. The monoisotopic (exact) mass is 285 g/mol. The van der Waals surface area contributed by atoms with E-state index in [4.69, 9.17) is 9.84 Å². The molecule has 1 aromatic carbocycles. The molecular formula is C17H23N3O. The van der Waals surface area contributed by atoms with E-state index in [1.54, 1.807) is 0 Å². The lowest BCUT2D eigenvalue weighted by molar-refractivity contribution is 0.0368. The Kier molecular flexibility index (Phi) is 4.68. The van der Waals surface area contributed by atoms with Gasteiger partial charge in [0.2, 0.25) is 0 Å². The molecule has 1 fully saturated rings. The second kappa shape index (κ2) is 6.87. The molecule has 0 N–H and O–H groups in total. The van der Waals surface area contributed by atoms with Gasteiger partial charge in [0.1, 0.15) is 0 Å². The molecule has 2 heterocycles. The van der Waals surface area contributed by atoms with Gasteiger partial charge in [0.15, 0.2) is 0 Å². The van der Waals surface area contributed by atoms with Crippen molar-refractivity contribution in [2.45, 2.75) is 19.9 Å². The first-order valence-electron chi connectivity index (χ1n) is 7.73. The molecule has 2 aromatic rings. The zero-order valence-corrected chi connectivity index (χ0v) is 12.7. The number of ether oxygens (including phenoxy) is 1. The molecule has 1 aromatic heterocycles. The number of hydrogen-bond acceptors (Lipinski definition) is 3. The topological polar surface area (TPSA) is 30.3 Å². The van der Waals surface area contributed by atoms with E-state index in [0.717, 1.165) is 51.5 Å². The SMILES string of the molecule is Cc1cc(-c2ccccc2)nn1CCCN1CCOCC1. The van der Waals surface area contributed by atoms with Gasteiger partial charge in [-0.05, 0) is 19.4 Å². The van der Waals surface area contributed by atoms with Crippen molar-refractivity contribution in [3.05, 3.63) is 42.1 Å². The van der Waals surface area contributed by atoms with Gasteiger partial charge in [0, 0.05) is 37.4 Å². The smallest absolute Gasteiger partial charge is 0.0925 e. The van der Waals surface area contributed by atoms with Crippen LogP contribution in [0.25, 0.3) is 11.3 Å². The molecule has 0 saturated carbocycles. The van der Waals surface area contributed by atoms with Gasteiger partial charge in [0.05, 0.1) is 18.9 Å². The Morgan fingerprint density at radius 3 is 2.62 bits per heavy atom. The highest BCUT2D eigenvalue weighted by Gasteiger charge is 2.10. The van der Waals surface area contributed by atoms with Crippen molar-refractivity contribution in [3.63, 3.8) is 0 Å². The Hall–Kier alpha value is -1.65. The van der Waals surface area contributed by atoms with Crippen LogP contribution in [-0.2, 0) is 11.3 Å². The Morgan fingerprint density at radius 1 is 1.10 bits per heavy atom. The van der Waals surface area contributed by atoms with Gasteiger partial charge in [-0.2, -0.15) is 5.10 Å². The lowest BCUT2D eigenvalue weighted by Crippen LogP contribution is -2.37. The molecule has 4 nitrogen and oxygen atoms in total. The first kappa shape index (κ1) is 14.3. The minimum absolute atomic E-state index is 0.874.